The average molecular weight is 521 g/mol. The Hall–Kier alpha value is -4.32. The van der Waals surface area contributed by atoms with Crippen LogP contribution in [0.4, 0.5) is 0 Å². The van der Waals surface area contributed by atoms with Crippen molar-refractivity contribution in [2.24, 2.45) is 9.98 Å². The molecule has 6 heteroatoms. The van der Waals surface area contributed by atoms with E-state index in [1.54, 1.807) is 18.6 Å². The Morgan fingerprint density at radius 3 is 1.82 bits per heavy atom. The van der Waals surface area contributed by atoms with E-state index in [0.29, 0.717) is 13.2 Å². The molecule has 200 valence electrons. The third-order valence-corrected chi connectivity index (χ3v) is 6.26. The molecule has 4 aromatic rings. The van der Waals surface area contributed by atoms with Crippen molar-refractivity contribution >= 4 is 12.4 Å². The van der Waals surface area contributed by atoms with Gasteiger partial charge >= 0.3 is 0 Å². The SMILES string of the molecule is C[C@@H](N=Cc1ccc(OCCCCCOc2ccnc(C=N[C@H](C)c3ccccc3)c2)cn1)c1ccccc1. The molecule has 6 nitrogen and oxygen atoms in total. The van der Waals surface area contributed by atoms with Crippen LogP contribution >= 0.6 is 0 Å². The summed E-state index contributed by atoms with van der Waals surface area (Å²) in [5.41, 5.74) is 3.97. The Labute approximate surface area is 231 Å². The highest BCUT2D eigenvalue weighted by Crippen LogP contribution is 2.18. The van der Waals surface area contributed by atoms with E-state index in [0.717, 1.165) is 42.1 Å². The van der Waals surface area contributed by atoms with Crippen LogP contribution in [0.15, 0.2) is 107 Å². The number of rotatable bonds is 14. The van der Waals surface area contributed by atoms with Gasteiger partial charge in [0.05, 0.1) is 42.9 Å². The standard InChI is InChI=1S/C33H36N4O2/c1-26(28-12-6-3-7-13-28)35-23-30-16-17-33(25-37-30)39-21-11-5-10-20-38-32-18-19-34-31(22-32)24-36-27(2)29-14-8-4-9-15-29/h3-4,6-9,12-19,22-27H,5,10-11,20-21H2,1-2H3/t26-,27-/m1/s1. The summed E-state index contributed by atoms with van der Waals surface area (Å²) >= 11 is 0. The molecule has 0 aliphatic heterocycles. The summed E-state index contributed by atoms with van der Waals surface area (Å²) in [4.78, 5) is 18.1. The molecule has 0 bridgehead atoms. The Morgan fingerprint density at radius 2 is 1.23 bits per heavy atom. The maximum absolute atomic E-state index is 5.92. The molecule has 2 aromatic heterocycles. The second-order valence-electron chi connectivity index (χ2n) is 9.32. The van der Waals surface area contributed by atoms with Crippen molar-refractivity contribution in [1.29, 1.82) is 0 Å². The minimum atomic E-state index is 0.0797. The van der Waals surface area contributed by atoms with E-state index in [2.05, 4.69) is 58.1 Å². The molecule has 0 amide bonds. The lowest BCUT2D eigenvalue weighted by Crippen LogP contribution is -2.02. The van der Waals surface area contributed by atoms with Gasteiger partial charge in [0, 0.05) is 24.7 Å². The van der Waals surface area contributed by atoms with Gasteiger partial charge in [-0.25, -0.2) is 0 Å². The summed E-state index contributed by atoms with van der Waals surface area (Å²) in [5, 5.41) is 0. The fourth-order valence-electron chi connectivity index (χ4n) is 3.91. The second kappa shape index (κ2) is 15.2. The zero-order valence-electron chi connectivity index (χ0n) is 22.7. The van der Waals surface area contributed by atoms with E-state index in [4.69, 9.17) is 9.47 Å². The van der Waals surface area contributed by atoms with Gasteiger partial charge in [0.15, 0.2) is 0 Å². The third-order valence-electron chi connectivity index (χ3n) is 6.26. The van der Waals surface area contributed by atoms with E-state index >= 15 is 0 Å². The smallest absolute Gasteiger partial charge is 0.137 e. The van der Waals surface area contributed by atoms with Crippen LogP contribution in [0.3, 0.4) is 0 Å². The molecule has 0 aliphatic carbocycles. The highest BCUT2D eigenvalue weighted by molar-refractivity contribution is 5.78. The number of aromatic nitrogens is 2. The molecule has 0 radical (unpaired) electrons. The van der Waals surface area contributed by atoms with Crippen LogP contribution in [0.1, 0.15) is 67.7 Å². The third kappa shape index (κ3) is 9.49. The summed E-state index contributed by atoms with van der Waals surface area (Å²) in [6.45, 7) is 5.45. The van der Waals surface area contributed by atoms with Gasteiger partial charge in [0.2, 0.25) is 0 Å². The molecule has 0 aliphatic rings. The molecule has 0 saturated heterocycles. The monoisotopic (exact) mass is 520 g/mol. The zero-order valence-corrected chi connectivity index (χ0v) is 22.7. The van der Waals surface area contributed by atoms with Gasteiger partial charge in [-0.2, -0.15) is 0 Å². The fourth-order valence-corrected chi connectivity index (χ4v) is 3.91. The quantitative estimate of drug-likeness (QED) is 0.128. The minimum absolute atomic E-state index is 0.0797. The van der Waals surface area contributed by atoms with Gasteiger partial charge in [-0.05, 0) is 62.4 Å². The normalized spacial score (nSPS) is 13.0. The van der Waals surface area contributed by atoms with Crippen molar-refractivity contribution in [1.82, 2.24) is 9.97 Å². The molecule has 0 spiro atoms. The van der Waals surface area contributed by atoms with Crippen molar-refractivity contribution in [2.75, 3.05) is 13.2 Å². The maximum atomic E-state index is 5.92. The predicted molar refractivity (Wildman–Crippen MR) is 158 cm³/mol. The summed E-state index contributed by atoms with van der Waals surface area (Å²) in [5.74, 6) is 1.58. The summed E-state index contributed by atoms with van der Waals surface area (Å²) in [6.07, 6.45) is 10.0. The molecule has 39 heavy (non-hydrogen) atoms. The van der Waals surface area contributed by atoms with Crippen molar-refractivity contribution < 1.29 is 9.47 Å². The average Bonchev–Trinajstić information content (AvgIpc) is 3.00. The van der Waals surface area contributed by atoms with Gasteiger partial charge in [-0.3, -0.25) is 20.0 Å². The first-order valence-corrected chi connectivity index (χ1v) is 13.5. The second-order valence-corrected chi connectivity index (χ2v) is 9.32. The van der Waals surface area contributed by atoms with Crippen LogP contribution in [-0.2, 0) is 0 Å². The van der Waals surface area contributed by atoms with Crippen LogP contribution in [0.2, 0.25) is 0 Å². The Morgan fingerprint density at radius 1 is 0.641 bits per heavy atom. The first kappa shape index (κ1) is 27.7. The molecule has 0 saturated carbocycles. The van der Waals surface area contributed by atoms with Crippen molar-refractivity contribution in [3.8, 4) is 11.5 Å². The highest BCUT2D eigenvalue weighted by Gasteiger charge is 2.03. The largest absolute Gasteiger partial charge is 0.493 e. The molecule has 0 fully saturated rings. The highest BCUT2D eigenvalue weighted by atomic mass is 16.5. The number of benzene rings is 2. The van der Waals surface area contributed by atoms with E-state index < -0.39 is 0 Å². The van der Waals surface area contributed by atoms with Crippen molar-refractivity contribution in [3.63, 3.8) is 0 Å². The lowest BCUT2D eigenvalue weighted by atomic mass is 10.1. The van der Waals surface area contributed by atoms with Gasteiger partial charge in [0.1, 0.15) is 11.5 Å². The number of hydrogen-bond donors (Lipinski definition) is 0. The summed E-state index contributed by atoms with van der Waals surface area (Å²) < 4.78 is 11.8. The van der Waals surface area contributed by atoms with Gasteiger partial charge < -0.3 is 9.47 Å². The van der Waals surface area contributed by atoms with E-state index in [9.17, 15) is 0 Å². The number of unbranched alkanes of at least 4 members (excludes halogenated alkanes) is 2. The van der Waals surface area contributed by atoms with Crippen molar-refractivity contribution in [2.45, 2.75) is 45.2 Å². The van der Waals surface area contributed by atoms with Crippen LogP contribution < -0.4 is 9.47 Å². The van der Waals surface area contributed by atoms with Crippen LogP contribution in [0, 0.1) is 0 Å². The molecule has 2 atom stereocenters. The Bertz CT molecular complexity index is 1310. The first-order valence-electron chi connectivity index (χ1n) is 13.5. The van der Waals surface area contributed by atoms with Gasteiger partial charge in [-0.15, -0.1) is 0 Å². The summed E-state index contributed by atoms with van der Waals surface area (Å²) in [6, 6.07) is 28.3. The number of nitrogens with zero attached hydrogens (tertiary/aromatic N) is 4. The number of ether oxygens (including phenoxy) is 2. The summed E-state index contributed by atoms with van der Waals surface area (Å²) in [7, 11) is 0. The topological polar surface area (TPSA) is 69.0 Å². The van der Waals surface area contributed by atoms with Crippen molar-refractivity contribution in [3.05, 3.63) is 120 Å². The minimum Gasteiger partial charge on any atom is -0.493 e. The lowest BCUT2D eigenvalue weighted by Gasteiger charge is -2.08. The van der Waals surface area contributed by atoms with Crippen LogP contribution in [-0.4, -0.2) is 35.6 Å². The van der Waals surface area contributed by atoms with Gasteiger partial charge in [-0.1, -0.05) is 60.7 Å². The molecule has 2 aromatic carbocycles. The van der Waals surface area contributed by atoms with E-state index in [1.165, 1.54) is 11.1 Å². The molecule has 2 heterocycles. The van der Waals surface area contributed by atoms with Crippen LogP contribution in [0.25, 0.3) is 0 Å². The molecule has 0 unspecified atom stereocenters. The Balaban J connectivity index is 1.11. The number of hydrogen-bond acceptors (Lipinski definition) is 6. The van der Waals surface area contributed by atoms with Crippen LogP contribution in [0.5, 0.6) is 11.5 Å². The predicted octanol–water partition coefficient (Wildman–Crippen LogP) is 7.46. The fraction of sp³-hybridized carbons (Fsp3) is 0.273. The maximum Gasteiger partial charge on any atom is 0.137 e. The Kier molecular flexibility index (Phi) is 10.8. The van der Waals surface area contributed by atoms with E-state index in [1.807, 2.05) is 66.9 Å². The van der Waals surface area contributed by atoms with E-state index in [-0.39, 0.29) is 12.1 Å². The molecular weight excluding hydrogens is 484 g/mol. The van der Waals surface area contributed by atoms with Gasteiger partial charge in [0.25, 0.3) is 0 Å². The number of aliphatic imine (C=N–C) groups is 2. The lowest BCUT2D eigenvalue weighted by molar-refractivity contribution is 0.279. The zero-order chi connectivity index (χ0) is 27.1. The molecule has 0 N–H and O–H groups in total. The molecular formula is C33H36N4O2. The molecule has 4 rings (SSSR count). The first-order chi connectivity index (χ1) is 19.2. The number of pyridine rings is 2.